The maximum absolute atomic E-state index is 12.9. The van der Waals surface area contributed by atoms with Crippen LogP contribution >= 0.6 is 0 Å². The second-order valence-electron chi connectivity index (χ2n) is 7.49. The molecule has 0 aliphatic rings. The minimum Gasteiger partial charge on any atom is -0.505 e. The van der Waals surface area contributed by atoms with Crippen molar-refractivity contribution >= 4 is 17.1 Å². The number of nitrogens with zero attached hydrogens (tertiary/aromatic N) is 2. The molecule has 2 aromatic carbocycles. The molecule has 0 fully saturated rings. The van der Waals surface area contributed by atoms with Gasteiger partial charge in [0.25, 0.3) is 0 Å². The van der Waals surface area contributed by atoms with Crippen molar-refractivity contribution in [3.8, 4) is 11.5 Å². The molecule has 4 N–H and O–H groups in total. The van der Waals surface area contributed by atoms with Crippen LogP contribution in [0.4, 0.5) is 30.2 Å². The lowest BCUT2D eigenvalue weighted by Crippen LogP contribution is -2.12. The van der Waals surface area contributed by atoms with Gasteiger partial charge in [-0.05, 0) is 29.7 Å². The van der Waals surface area contributed by atoms with Crippen molar-refractivity contribution in [2.24, 2.45) is 10.2 Å². The Hall–Kier alpha value is -2.81. The molecule has 0 unspecified atom stereocenters. The Morgan fingerprint density at radius 2 is 1.52 bits per heavy atom. The second kappa shape index (κ2) is 13.7. The number of ether oxygens (including phenoxy) is 1. The van der Waals surface area contributed by atoms with Crippen molar-refractivity contribution in [3.05, 3.63) is 41.5 Å². The topological polar surface area (TPSA) is 100 Å². The van der Waals surface area contributed by atoms with E-state index in [1.54, 1.807) is 6.07 Å². The fourth-order valence-electron chi connectivity index (χ4n) is 2.49. The van der Waals surface area contributed by atoms with Crippen LogP contribution in [-0.4, -0.2) is 23.4 Å². The number of nitrogen functional groups attached to an aromatic ring is 1. The highest BCUT2D eigenvalue weighted by molar-refractivity contribution is 5.65. The number of aromatic hydroxyl groups is 1. The van der Waals surface area contributed by atoms with E-state index in [1.165, 1.54) is 6.07 Å². The van der Waals surface area contributed by atoms with Gasteiger partial charge in [0.15, 0.2) is 0 Å². The van der Waals surface area contributed by atoms with Gasteiger partial charge in [-0.15, -0.1) is 10.2 Å². The van der Waals surface area contributed by atoms with Gasteiger partial charge in [0.2, 0.25) is 0 Å². The molecule has 33 heavy (non-hydrogen) atoms. The molecule has 0 aliphatic heterocycles. The number of aliphatic hydroxyl groups excluding tert-OH is 1. The van der Waals surface area contributed by atoms with Crippen molar-refractivity contribution < 1.29 is 28.1 Å². The zero-order chi connectivity index (χ0) is 25.8. The molecule has 6 nitrogen and oxygen atoms in total. The summed E-state index contributed by atoms with van der Waals surface area (Å²) in [4.78, 5) is 0. The highest BCUT2D eigenvalue weighted by atomic mass is 19.4. The van der Waals surface area contributed by atoms with Crippen molar-refractivity contribution in [2.75, 3.05) is 18.9 Å². The average molecular weight is 472 g/mol. The third kappa shape index (κ3) is 9.29. The van der Waals surface area contributed by atoms with Crippen LogP contribution in [0.1, 0.15) is 66.0 Å². The van der Waals surface area contributed by atoms with Crippen LogP contribution in [0.25, 0.3) is 0 Å². The second-order valence-corrected chi connectivity index (χ2v) is 7.49. The van der Waals surface area contributed by atoms with Crippen molar-refractivity contribution in [1.82, 2.24) is 0 Å². The first-order chi connectivity index (χ1) is 15.4. The molecule has 0 bridgehead atoms. The zero-order valence-corrected chi connectivity index (χ0v) is 20.4. The number of alkyl halides is 3. The van der Waals surface area contributed by atoms with E-state index in [4.69, 9.17) is 15.6 Å². The lowest BCUT2D eigenvalue weighted by Gasteiger charge is -2.22. The summed E-state index contributed by atoms with van der Waals surface area (Å²) in [6, 6.07) is 5.84. The van der Waals surface area contributed by atoms with Crippen LogP contribution in [0.5, 0.6) is 11.5 Å². The molecule has 0 radical (unpaired) electrons. The summed E-state index contributed by atoms with van der Waals surface area (Å²) < 4.78 is 44.3. The first-order valence-corrected chi connectivity index (χ1v) is 10.9. The fourth-order valence-corrected chi connectivity index (χ4v) is 2.49. The summed E-state index contributed by atoms with van der Waals surface area (Å²) >= 11 is 0. The molecule has 2 aromatic rings. The number of anilines is 1. The summed E-state index contributed by atoms with van der Waals surface area (Å²) in [6.45, 7) is 13.9. The Morgan fingerprint density at radius 3 is 2.03 bits per heavy atom. The molecule has 0 heterocycles. The minimum absolute atomic E-state index is 0.0210. The van der Waals surface area contributed by atoms with E-state index >= 15 is 0 Å². The molecule has 2 rings (SSSR count). The molecule has 0 atom stereocenters. The monoisotopic (exact) mass is 471 g/mol. The van der Waals surface area contributed by atoms with Crippen LogP contribution in [0.3, 0.4) is 0 Å². The first kappa shape index (κ1) is 30.2. The lowest BCUT2D eigenvalue weighted by atomic mass is 9.86. The van der Waals surface area contributed by atoms with Gasteiger partial charge < -0.3 is 20.7 Å². The number of phenols is 1. The number of rotatable bonds is 6. The zero-order valence-electron chi connectivity index (χ0n) is 20.4. The third-order valence-corrected chi connectivity index (χ3v) is 4.07. The Balaban J connectivity index is 0.00000242. The molecule has 0 saturated carbocycles. The molecule has 0 aliphatic carbocycles. The van der Waals surface area contributed by atoms with E-state index in [-0.39, 0.29) is 36.0 Å². The SMILES string of the molecule is CC.CC.CC(C)(C)c1cc(OCCCO)cc(N=Nc2cc(C(F)(F)F)ccc2N)c1O. The van der Waals surface area contributed by atoms with Crippen LogP contribution in [0.15, 0.2) is 40.6 Å². The number of halogens is 3. The number of phenolic OH excluding ortho intramolecular Hbond substituents is 1. The molecule has 0 spiro atoms. The van der Waals surface area contributed by atoms with Crippen molar-refractivity contribution in [3.63, 3.8) is 0 Å². The number of aliphatic hydroxyl groups is 1. The van der Waals surface area contributed by atoms with Gasteiger partial charge in [-0.3, -0.25) is 0 Å². The minimum atomic E-state index is -4.54. The molecule has 0 aromatic heterocycles. The van der Waals surface area contributed by atoms with Crippen molar-refractivity contribution in [2.45, 2.75) is 66.5 Å². The van der Waals surface area contributed by atoms with Gasteiger partial charge in [0.1, 0.15) is 22.9 Å². The van der Waals surface area contributed by atoms with Gasteiger partial charge in [-0.2, -0.15) is 13.2 Å². The molecule has 0 saturated heterocycles. The largest absolute Gasteiger partial charge is 0.505 e. The number of hydrogen-bond acceptors (Lipinski definition) is 6. The van der Waals surface area contributed by atoms with Crippen LogP contribution in [0, 0.1) is 0 Å². The summed E-state index contributed by atoms with van der Waals surface area (Å²) in [5.41, 5.74) is 4.78. The number of azo groups is 1. The predicted molar refractivity (Wildman–Crippen MR) is 127 cm³/mol. The highest BCUT2D eigenvalue weighted by Crippen LogP contribution is 2.42. The quantitative estimate of drug-likeness (QED) is 0.230. The Morgan fingerprint density at radius 1 is 0.939 bits per heavy atom. The Kier molecular flexibility index (Phi) is 12.5. The molecular formula is C24H36F3N3O3. The van der Waals surface area contributed by atoms with E-state index in [9.17, 15) is 18.3 Å². The Bertz CT molecular complexity index is 893. The fraction of sp³-hybridized carbons (Fsp3) is 0.500. The van der Waals surface area contributed by atoms with Gasteiger partial charge in [-0.25, -0.2) is 0 Å². The normalized spacial score (nSPS) is 11.4. The van der Waals surface area contributed by atoms with Gasteiger partial charge in [0.05, 0.1) is 17.9 Å². The highest BCUT2D eigenvalue weighted by Gasteiger charge is 2.31. The number of benzene rings is 2. The molecule has 0 amide bonds. The van der Waals surface area contributed by atoms with Gasteiger partial charge in [-0.1, -0.05) is 48.5 Å². The van der Waals surface area contributed by atoms with E-state index in [2.05, 4.69) is 10.2 Å². The maximum atomic E-state index is 12.9. The lowest BCUT2D eigenvalue weighted by molar-refractivity contribution is -0.137. The van der Waals surface area contributed by atoms with E-state index in [0.717, 1.165) is 18.2 Å². The van der Waals surface area contributed by atoms with E-state index < -0.39 is 17.2 Å². The summed E-state index contributed by atoms with van der Waals surface area (Å²) in [6.07, 6.45) is -4.12. The molecule has 186 valence electrons. The smallest absolute Gasteiger partial charge is 0.416 e. The van der Waals surface area contributed by atoms with Crippen LogP contribution < -0.4 is 10.5 Å². The standard InChI is InChI=1S/C20H24F3N3O3.2C2H6/c1-19(2,3)14-10-13(29-8-4-7-27)11-17(18(14)28)26-25-16-9-12(20(21,22)23)5-6-15(16)24;2*1-2/h5-6,9-11,27-28H,4,7-8,24H2,1-3H3;2*1-2H3. The third-order valence-electron chi connectivity index (χ3n) is 4.07. The summed E-state index contributed by atoms with van der Waals surface area (Å²) in [5, 5.41) is 27.2. The predicted octanol–water partition coefficient (Wildman–Crippen LogP) is 7.52. The average Bonchev–Trinajstić information content (AvgIpc) is 2.76. The van der Waals surface area contributed by atoms with Crippen LogP contribution in [0.2, 0.25) is 0 Å². The number of nitrogens with two attached hydrogens (primary N) is 1. The maximum Gasteiger partial charge on any atom is 0.416 e. The molecular weight excluding hydrogens is 435 g/mol. The van der Waals surface area contributed by atoms with E-state index in [0.29, 0.717) is 17.7 Å². The van der Waals surface area contributed by atoms with E-state index in [1.807, 2.05) is 48.5 Å². The van der Waals surface area contributed by atoms with Gasteiger partial charge >= 0.3 is 6.18 Å². The van der Waals surface area contributed by atoms with Crippen molar-refractivity contribution in [1.29, 1.82) is 0 Å². The Labute approximate surface area is 194 Å². The van der Waals surface area contributed by atoms with Crippen LogP contribution in [-0.2, 0) is 11.6 Å². The summed E-state index contributed by atoms with van der Waals surface area (Å²) in [5.74, 6) is 0.244. The summed E-state index contributed by atoms with van der Waals surface area (Å²) in [7, 11) is 0. The molecule has 9 heteroatoms. The van der Waals surface area contributed by atoms with Gasteiger partial charge in [0, 0.05) is 24.7 Å². The first-order valence-electron chi connectivity index (χ1n) is 10.9. The number of hydrogen-bond donors (Lipinski definition) is 3.